The average Bonchev–Trinajstić information content (AvgIpc) is 3.19. The highest BCUT2D eigenvalue weighted by Crippen LogP contribution is 2.30. The van der Waals surface area contributed by atoms with Gasteiger partial charge in [-0.15, -0.1) is 0 Å². The molecule has 1 amide bonds. The Hall–Kier alpha value is -1.26. The number of halogens is 1. The summed E-state index contributed by atoms with van der Waals surface area (Å²) in [7, 11) is 0. The van der Waals surface area contributed by atoms with Crippen LogP contribution >= 0.6 is 11.6 Å². The van der Waals surface area contributed by atoms with Crippen LogP contribution in [0.1, 0.15) is 62.7 Å². The first-order valence-corrected chi connectivity index (χ1v) is 10.5. The summed E-state index contributed by atoms with van der Waals surface area (Å²) in [6.45, 7) is 7.54. The first-order chi connectivity index (χ1) is 12.6. The minimum absolute atomic E-state index is 0.00380. The van der Waals surface area contributed by atoms with Crippen molar-refractivity contribution < 1.29 is 9.53 Å². The summed E-state index contributed by atoms with van der Waals surface area (Å²) < 4.78 is 6.28. The maximum absolute atomic E-state index is 12.8. The van der Waals surface area contributed by atoms with Crippen molar-refractivity contribution in [3.63, 3.8) is 0 Å². The Kier molecular flexibility index (Phi) is 6.82. The fourth-order valence-corrected chi connectivity index (χ4v) is 4.43. The van der Waals surface area contributed by atoms with Gasteiger partial charge in [-0.1, -0.05) is 24.4 Å². The summed E-state index contributed by atoms with van der Waals surface area (Å²) in [5.41, 5.74) is 0.583. The number of benzene rings is 1. The zero-order valence-electron chi connectivity index (χ0n) is 16.0. The minimum Gasteiger partial charge on any atom is -0.489 e. The predicted octanol–water partition coefficient (Wildman–Crippen LogP) is 4.61. The van der Waals surface area contributed by atoms with Gasteiger partial charge in [-0.2, -0.15) is 0 Å². The lowest BCUT2D eigenvalue weighted by Crippen LogP contribution is -2.43. The van der Waals surface area contributed by atoms with Gasteiger partial charge in [-0.3, -0.25) is 4.79 Å². The van der Waals surface area contributed by atoms with E-state index in [2.05, 4.69) is 4.90 Å². The highest BCUT2D eigenvalue weighted by atomic mass is 35.5. The summed E-state index contributed by atoms with van der Waals surface area (Å²) in [6.07, 6.45) is 7.69. The van der Waals surface area contributed by atoms with Crippen LogP contribution in [0.4, 0.5) is 0 Å². The van der Waals surface area contributed by atoms with Gasteiger partial charge < -0.3 is 14.5 Å². The van der Waals surface area contributed by atoms with Gasteiger partial charge in [0.2, 0.25) is 0 Å². The Morgan fingerprint density at radius 3 is 2.42 bits per heavy atom. The lowest BCUT2D eigenvalue weighted by Gasteiger charge is -2.36. The normalized spacial score (nSPS) is 19.7. The molecule has 2 aliphatic rings. The molecule has 0 unspecified atom stereocenters. The Balaban J connectivity index is 1.65. The quantitative estimate of drug-likeness (QED) is 0.724. The Morgan fingerprint density at radius 2 is 1.81 bits per heavy atom. The van der Waals surface area contributed by atoms with Crippen molar-refractivity contribution >= 4 is 17.5 Å². The van der Waals surface area contributed by atoms with Gasteiger partial charge in [0.25, 0.3) is 5.91 Å². The molecule has 2 fully saturated rings. The van der Waals surface area contributed by atoms with Crippen molar-refractivity contribution in [1.82, 2.24) is 9.80 Å². The van der Waals surface area contributed by atoms with E-state index < -0.39 is 0 Å². The molecule has 144 valence electrons. The summed E-state index contributed by atoms with van der Waals surface area (Å²) in [4.78, 5) is 17.3. The van der Waals surface area contributed by atoms with Gasteiger partial charge in [0.1, 0.15) is 11.9 Å². The molecule has 1 aromatic carbocycles. The van der Waals surface area contributed by atoms with Crippen LogP contribution in [0.2, 0.25) is 5.02 Å². The second-order valence-electron chi connectivity index (χ2n) is 7.41. The van der Waals surface area contributed by atoms with E-state index in [1.54, 1.807) is 11.0 Å². The van der Waals surface area contributed by atoms with E-state index in [1.165, 1.54) is 25.7 Å². The van der Waals surface area contributed by atoms with E-state index >= 15 is 0 Å². The van der Waals surface area contributed by atoms with Crippen molar-refractivity contribution in [2.45, 2.75) is 64.5 Å². The van der Waals surface area contributed by atoms with Crippen LogP contribution in [0.25, 0.3) is 0 Å². The van der Waals surface area contributed by atoms with Crippen LogP contribution in [0.5, 0.6) is 5.75 Å². The third kappa shape index (κ3) is 4.52. The Bertz CT molecular complexity index is 604. The number of amides is 1. The molecule has 1 aliphatic carbocycles. The molecule has 1 aliphatic heterocycles. The molecule has 3 rings (SSSR count). The van der Waals surface area contributed by atoms with Crippen molar-refractivity contribution in [2.75, 3.05) is 26.2 Å². The van der Waals surface area contributed by atoms with E-state index in [0.717, 1.165) is 32.0 Å². The van der Waals surface area contributed by atoms with Crippen LogP contribution in [-0.2, 0) is 0 Å². The average molecular weight is 379 g/mol. The lowest BCUT2D eigenvalue weighted by atomic mass is 10.0. The number of hydrogen-bond donors (Lipinski definition) is 0. The van der Waals surface area contributed by atoms with E-state index in [-0.39, 0.29) is 12.0 Å². The van der Waals surface area contributed by atoms with Crippen LogP contribution < -0.4 is 4.74 Å². The fourth-order valence-electron chi connectivity index (χ4n) is 4.26. The van der Waals surface area contributed by atoms with E-state index in [9.17, 15) is 4.79 Å². The molecular formula is C21H31ClN2O2. The second-order valence-corrected chi connectivity index (χ2v) is 7.85. The second kappa shape index (κ2) is 9.09. The molecule has 0 bridgehead atoms. The molecular weight excluding hydrogens is 348 g/mol. The standard InChI is InChI=1S/C21H31ClN2O2/c1-3-23(4-2)21(25)19-15-16(22)9-10-20(19)26-18-11-13-24(14-12-18)17-7-5-6-8-17/h9-10,15,17-18H,3-8,11-14H2,1-2H3. The highest BCUT2D eigenvalue weighted by Gasteiger charge is 2.28. The summed E-state index contributed by atoms with van der Waals surface area (Å²) >= 11 is 6.15. The van der Waals surface area contributed by atoms with E-state index in [0.29, 0.717) is 29.4 Å². The predicted molar refractivity (Wildman–Crippen MR) is 106 cm³/mol. The molecule has 0 spiro atoms. The zero-order valence-corrected chi connectivity index (χ0v) is 16.8. The van der Waals surface area contributed by atoms with Gasteiger partial charge in [0.15, 0.2) is 0 Å². The number of carbonyl (C=O) groups excluding carboxylic acids is 1. The Labute approximate surface area is 162 Å². The molecule has 1 saturated heterocycles. The van der Waals surface area contributed by atoms with Crippen LogP contribution in [0.3, 0.4) is 0 Å². The zero-order chi connectivity index (χ0) is 18.5. The smallest absolute Gasteiger partial charge is 0.257 e. The lowest BCUT2D eigenvalue weighted by molar-refractivity contribution is 0.0704. The largest absolute Gasteiger partial charge is 0.489 e. The third-order valence-corrected chi connectivity index (χ3v) is 6.07. The summed E-state index contributed by atoms with van der Waals surface area (Å²) in [5, 5.41) is 0.573. The molecule has 0 radical (unpaired) electrons. The number of nitrogens with zero attached hydrogens (tertiary/aromatic N) is 2. The van der Waals surface area contributed by atoms with Gasteiger partial charge in [-0.25, -0.2) is 0 Å². The summed E-state index contributed by atoms with van der Waals surface area (Å²) in [6, 6.07) is 6.18. The molecule has 5 heteroatoms. The number of piperidine rings is 1. The van der Waals surface area contributed by atoms with E-state index in [4.69, 9.17) is 16.3 Å². The first-order valence-electron chi connectivity index (χ1n) is 10.1. The Morgan fingerprint density at radius 1 is 1.15 bits per heavy atom. The van der Waals surface area contributed by atoms with Gasteiger partial charge in [-0.05, 0) is 57.7 Å². The molecule has 26 heavy (non-hydrogen) atoms. The van der Waals surface area contributed by atoms with Crippen molar-refractivity contribution in [3.8, 4) is 5.75 Å². The molecule has 0 atom stereocenters. The SMILES string of the molecule is CCN(CC)C(=O)c1cc(Cl)ccc1OC1CCN(C2CCCC2)CC1. The summed E-state index contributed by atoms with van der Waals surface area (Å²) in [5.74, 6) is 0.668. The molecule has 1 saturated carbocycles. The third-order valence-electron chi connectivity index (χ3n) is 5.83. The fraction of sp³-hybridized carbons (Fsp3) is 0.667. The van der Waals surface area contributed by atoms with Crippen molar-refractivity contribution in [3.05, 3.63) is 28.8 Å². The molecule has 1 aromatic rings. The van der Waals surface area contributed by atoms with E-state index in [1.807, 2.05) is 26.0 Å². The number of rotatable bonds is 6. The van der Waals surface area contributed by atoms with Crippen LogP contribution in [0.15, 0.2) is 18.2 Å². The van der Waals surface area contributed by atoms with Crippen molar-refractivity contribution in [1.29, 1.82) is 0 Å². The molecule has 0 N–H and O–H groups in total. The molecule has 4 nitrogen and oxygen atoms in total. The molecule has 1 heterocycles. The monoisotopic (exact) mass is 378 g/mol. The van der Waals surface area contributed by atoms with Crippen LogP contribution in [-0.4, -0.2) is 54.0 Å². The van der Waals surface area contributed by atoms with Crippen molar-refractivity contribution in [2.24, 2.45) is 0 Å². The maximum atomic E-state index is 12.8. The minimum atomic E-state index is -0.00380. The van der Waals surface area contributed by atoms with Gasteiger partial charge >= 0.3 is 0 Å². The maximum Gasteiger partial charge on any atom is 0.257 e. The topological polar surface area (TPSA) is 32.8 Å². The highest BCUT2D eigenvalue weighted by molar-refractivity contribution is 6.31. The van der Waals surface area contributed by atoms with Gasteiger partial charge in [0.05, 0.1) is 5.56 Å². The molecule has 0 aromatic heterocycles. The van der Waals surface area contributed by atoms with Crippen LogP contribution in [0, 0.1) is 0 Å². The number of likely N-dealkylation sites (tertiary alicyclic amines) is 1. The first kappa shape index (κ1) is 19.5. The number of carbonyl (C=O) groups is 1. The number of hydrogen-bond acceptors (Lipinski definition) is 3. The number of ether oxygens (including phenoxy) is 1. The van der Waals surface area contributed by atoms with Gasteiger partial charge in [0, 0.05) is 37.2 Å².